The molecule has 13 heavy (non-hydrogen) atoms. The SMILES string of the molecule is C=CCn1ccc2c(C)ncnc21. The molecule has 0 unspecified atom stereocenters. The number of nitrogens with zero attached hydrogens (tertiary/aromatic N) is 3. The third-order valence-electron chi connectivity index (χ3n) is 2.08. The second-order valence-corrected chi connectivity index (χ2v) is 2.95. The Morgan fingerprint density at radius 1 is 1.54 bits per heavy atom. The Hall–Kier alpha value is -1.64. The van der Waals surface area contributed by atoms with E-state index >= 15 is 0 Å². The van der Waals surface area contributed by atoms with Gasteiger partial charge in [-0.2, -0.15) is 0 Å². The first-order chi connectivity index (χ1) is 6.33. The third kappa shape index (κ3) is 1.22. The molecule has 0 aliphatic carbocycles. The van der Waals surface area contributed by atoms with Crippen LogP contribution in [0.2, 0.25) is 0 Å². The molecule has 0 aliphatic rings. The van der Waals surface area contributed by atoms with E-state index in [0.717, 1.165) is 23.3 Å². The molecule has 2 heterocycles. The van der Waals surface area contributed by atoms with Crippen LogP contribution in [0, 0.1) is 6.92 Å². The number of fused-ring (bicyclic) bond motifs is 1. The largest absolute Gasteiger partial charge is 0.329 e. The second-order valence-electron chi connectivity index (χ2n) is 2.95. The van der Waals surface area contributed by atoms with Crippen molar-refractivity contribution in [2.45, 2.75) is 13.5 Å². The maximum atomic E-state index is 4.22. The zero-order valence-electron chi connectivity index (χ0n) is 7.57. The zero-order valence-corrected chi connectivity index (χ0v) is 7.57. The van der Waals surface area contributed by atoms with Gasteiger partial charge in [-0.1, -0.05) is 6.08 Å². The number of allylic oxidation sites excluding steroid dienone is 1. The third-order valence-corrected chi connectivity index (χ3v) is 2.08. The number of aromatic nitrogens is 3. The number of hydrogen-bond acceptors (Lipinski definition) is 2. The van der Waals surface area contributed by atoms with Crippen molar-refractivity contribution in [1.82, 2.24) is 14.5 Å². The Labute approximate surface area is 76.7 Å². The summed E-state index contributed by atoms with van der Waals surface area (Å²) in [6.07, 6.45) is 5.46. The van der Waals surface area contributed by atoms with E-state index in [9.17, 15) is 0 Å². The van der Waals surface area contributed by atoms with Gasteiger partial charge in [-0.3, -0.25) is 0 Å². The Bertz CT molecular complexity index is 442. The van der Waals surface area contributed by atoms with Crippen molar-refractivity contribution in [1.29, 1.82) is 0 Å². The standard InChI is InChI=1S/C10H11N3/c1-3-5-13-6-4-9-8(2)11-7-12-10(9)13/h3-4,6-7H,1,5H2,2H3. The molecule has 66 valence electrons. The first-order valence-electron chi connectivity index (χ1n) is 4.20. The fourth-order valence-electron chi connectivity index (χ4n) is 1.42. The summed E-state index contributed by atoms with van der Waals surface area (Å²) in [7, 11) is 0. The van der Waals surface area contributed by atoms with E-state index in [1.54, 1.807) is 6.33 Å². The van der Waals surface area contributed by atoms with Gasteiger partial charge in [-0.25, -0.2) is 9.97 Å². The minimum atomic E-state index is 0.792. The summed E-state index contributed by atoms with van der Waals surface area (Å²) >= 11 is 0. The van der Waals surface area contributed by atoms with Gasteiger partial charge in [0.1, 0.15) is 12.0 Å². The fourth-order valence-corrected chi connectivity index (χ4v) is 1.42. The van der Waals surface area contributed by atoms with Crippen LogP contribution >= 0.6 is 0 Å². The Morgan fingerprint density at radius 3 is 3.15 bits per heavy atom. The molecule has 0 saturated carbocycles. The molecule has 0 spiro atoms. The van der Waals surface area contributed by atoms with Crippen molar-refractivity contribution in [2.24, 2.45) is 0 Å². The van der Waals surface area contributed by atoms with Gasteiger partial charge in [0.2, 0.25) is 0 Å². The predicted octanol–water partition coefficient (Wildman–Crippen LogP) is 1.93. The van der Waals surface area contributed by atoms with E-state index in [1.165, 1.54) is 0 Å². The van der Waals surface area contributed by atoms with Crippen molar-refractivity contribution in [3.8, 4) is 0 Å². The normalized spacial score (nSPS) is 10.5. The second kappa shape index (κ2) is 3.01. The van der Waals surface area contributed by atoms with Crippen LogP contribution in [0.4, 0.5) is 0 Å². The monoisotopic (exact) mass is 173 g/mol. The highest BCUT2D eigenvalue weighted by Crippen LogP contribution is 2.14. The quantitative estimate of drug-likeness (QED) is 0.649. The highest BCUT2D eigenvalue weighted by molar-refractivity contribution is 5.78. The van der Waals surface area contributed by atoms with Crippen LogP contribution in [0.25, 0.3) is 11.0 Å². The molecule has 0 bridgehead atoms. The van der Waals surface area contributed by atoms with Crippen LogP contribution in [0.15, 0.2) is 31.2 Å². The molecule has 0 amide bonds. The maximum absolute atomic E-state index is 4.22. The minimum Gasteiger partial charge on any atom is -0.329 e. The van der Waals surface area contributed by atoms with Crippen molar-refractivity contribution in [3.05, 3.63) is 36.9 Å². The molecule has 2 aromatic rings. The Morgan fingerprint density at radius 2 is 2.38 bits per heavy atom. The van der Waals surface area contributed by atoms with Gasteiger partial charge >= 0.3 is 0 Å². The first kappa shape index (κ1) is 7.98. The summed E-state index contributed by atoms with van der Waals surface area (Å²) in [6, 6.07) is 2.04. The Kier molecular flexibility index (Phi) is 1.85. The number of aryl methyl sites for hydroxylation is 1. The van der Waals surface area contributed by atoms with E-state index in [-0.39, 0.29) is 0 Å². The van der Waals surface area contributed by atoms with Crippen LogP contribution in [0.1, 0.15) is 5.69 Å². The predicted molar refractivity (Wildman–Crippen MR) is 52.5 cm³/mol. The van der Waals surface area contributed by atoms with Gasteiger partial charge in [-0.15, -0.1) is 6.58 Å². The van der Waals surface area contributed by atoms with Crippen molar-refractivity contribution >= 4 is 11.0 Å². The van der Waals surface area contributed by atoms with Crippen molar-refractivity contribution in [2.75, 3.05) is 0 Å². The lowest BCUT2D eigenvalue weighted by molar-refractivity contribution is 0.849. The van der Waals surface area contributed by atoms with Crippen LogP contribution in [0.5, 0.6) is 0 Å². The van der Waals surface area contributed by atoms with Gasteiger partial charge < -0.3 is 4.57 Å². The molecule has 0 fully saturated rings. The summed E-state index contributed by atoms with van der Waals surface area (Å²) < 4.78 is 2.05. The average molecular weight is 173 g/mol. The molecular formula is C10H11N3. The molecule has 2 rings (SSSR count). The molecule has 0 aliphatic heterocycles. The molecule has 2 aromatic heterocycles. The molecule has 0 radical (unpaired) electrons. The summed E-state index contributed by atoms with van der Waals surface area (Å²) in [4.78, 5) is 8.36. The summed E-state index contributed by atoms with van der Waals surface area (Å²) in [5.41, 5.74) is 2.00. The zero-order chi connectivity index (χ0) is 9.26. The van der Waals surface area contributed by atoms with Crippen molar-refractivity contribution < 1.29 is 0 Å². The summed E-state index contributed by atoms with van der Waals surface area (Å²) in [5, 5.41) is 1.12. The van der Waals surface area contributed by atoms with E-state index in [4.69, 9.17) is 0 Å². The molecule has 0 saturated heterocycles. The Balaban J connectivity index is 2.67. The van der Waals surface area contributed by atoms with Crippen LogP contribution in [-0.4, -0.2) is 14.5 Å². The van der Waals surface area contributed by atoms with Crippen molar-refractivity contribution in [3.63, 3.8) is 0 Å². The summed E-state index contributed by atoms with van der Waals surface area (Å²) in [6.45, 7) is 6.48. The van der Waals surface area contributed by atoms with E-state index in [0.29, 0.717) is 0 Å². The van der Waals surface area contributed by atoms with Crippen LogP contribution < -0.4 is 0 Å². The first-order valence-corrected chi connectivity index (χ1v) is 4.20. The molecule has 0 N–H and O–H groups in total. The van der Waals surface area contributed by atoms with Gasteiger partial charge in [0.25, 0.3) is 0 Å². The molecular weight excluding hydrogens is 162 g/mol. The van der Waals surface area contributed by atoms with Crippen LogP contribution in [0.3, 0.4) is 0 Å². The minimum absolute atomic E-state index is 0.792. The van der Waals surface area contributed by atoms with E-state index in [1.807, 2.05) is 25.3 Å². The maximum Gasteiger partial charge on any atom is 0.143 e. The van der Waals surface area contributed by atoms with Gasteiger partial charge in [0.05, 0.1) is 5.69 Å². The lowest BCUT2D eigenvalue weighted by Gasteiger charge is -1.99. The summed E-state index contributed by atoms with van der Waals surface area (Å²) in [5.74, 6) is 0. The van der Waals surface area contributed by atoms with E-state index < -0.39 is 0 Å². The smallest absolute Gasteiger partial charge is 0.143 e. The lowest BCUT2D eigenvalue weighted by atomic mass is 10.3. The highest BCUT2D eigenvalue weighted by atomic mass is 15.0. The van der Waals surface area contributed by atoms with E-state index in [2.05, 4.69) is 21.1 Å². The average Bonchev–Trinajstić information content (AvgIpc) is 2.51. The van der Waals surface area contributed by atoms with Crippen LogP contribution in [-0.2, 0) is 6.54 Å². The topological polar surface area (TPSA) is 30.7 Å². The highest BCUT2D eigenvalue weighted by Gasteiger charge is 2.02. The fraction of sp³-hybridized carbons (Fsp3) is 0.200. The number of hydrogen-bond donors (Lipinski definition) is 0. The molecule has 3 nitrogen and oxygen atoms in total. The number of rotatable bonds is 2. The lowest BCUT2D eigenvalue weighted by Crippen LogP contribution is -1.95. The van der Waals surface area contributed by atoms with Gasteiger partial charge in [0.15, 0.2) is 0 Å². The molecule has 0 atom stereocenters. The molecule has 0 aromatic carbocycles. The molecule has 3 heteroatoms. The van der Waals surface area contributed by atoms with Gasteiger partial charge in [0, 0.05) is 18.1 Å². The van der Waals surface area contributed by atoms with Gasteiger partial charge in [-0.05, 0) is 13.0 Å².